The highest BCUT2D eigenvalue weighted by molar-refractivity contribution is 5.13. The predicted octanol–water partition coefficient (Wildman–Crippen LogP) is 2.74. The Morgan fingerprint density at radius 3 is 2.58 bits per heavy atom. The normalized spacial score (nSPS) is 18.4. The van der Waals surface area contributed by atoms with Gasteiger partial charge in [-0.15, -0.1) is 0 Å². The molecule has 1 fully saturated rings. The van der Waals surface area contributed by atoms with Crippen molar-refractivity contribution in [1.29, 1.82) is 0 Å². The zero-order valence-corrected chi connectivity index (χ0v) is 11.6. The average molecular weight is 263 g/mol. The molecule has 0 saturated carbocycles. The molecule has 0 radical (unpaired) electrons. The van der Waals surface area contributed by atoms with Crippen molar-refractivity contribution in [2.75, 3.05) is 26.4 Å². The Hall–Kier alpha value is -0.900. The molecular weight excluding hydrogens is 238 g/mol. The Morgan fingerprint density at radius 2 is 1.89 bits per heavy atom. The van der Waals surface area contributed by atoms with Crippen molar-refractivity contribution < 1.29 is 9.47 Å². The minimum atomic E-state index is 0.300. The third kappa shape index (κ3) is 4.60. The molecule has 1 aliphatic heterocycles. The number of rotatable bonds is 7. The summed E-state index contributed by atoms with van der Waals surface area (Å²) >= 11 is 0. The molecule has 106 valence electrons. The molecule has 3 nitrogen and oxygen atoms in total. The molecule has 1 aromatic carbocycles. The van der Waals surface area contributed by atoms with Gasteiger partial charge in [-0.25, -0.2) is 0 Å². The lowest BCUT2D eigenvalue weighted by atomic mass is 9.76. The van der Waals surface area contributed by atoms with Gasteiger partial charge in [0.15, 0.2) is 0 Å². The van der Waals surface area contributed by atoms with Crippen LogP contribution in [0.25, 0.3) is 0 Å². The quantitative estimate of drug-likeness (QED) is 0.769. The van der Waals surface area contributed by atoms with Crippen molar-refractivity contribution in [3.63, 3.8) is 0 Å². The van der Waals surface area contributed by atoms with Crippen LogP contribution in [0.2, 0.25) is 0 Å². The monoisotopic (exact) mass is 263 g/mol. The van der Waals surface area contributed by atoms with E-state index in [1.165, 1.54) is 5.56 Å². The van der Waals surface area contributed by atoms with E-state index in [-0.39, 0.29) is 0 Å². The molecule has 0 unspecified atom stereocenters. The molecule has 1 saturated heterocycles. The SMILES string of the molecule is NCC1(CCCOCc2ccccc2)CCOCC1. The van der Waals surface area contributed by atoms with Crippen molar-refractivity contribution in [2.24, 2.45) is 11.1 Å². The first kappa shape index (κ1) is 14.5. The van der Waals surface area contributed by atoms with E-state index < -0.39 is 0 Å². The standard InChI is InChI=1S/C16H25NO2/c17-14-16(8-11-18-12-9-16)7-4-10-19-13-15-5-2-1-3-6-15/h1-3,5-6H,4,7-14,17H2. The van der Waals surface area contributed by atoms with Crippen LogP contribution in [-0.2, 0) is 16.1 Å². The molecule has 3 heteroatoms. The van der Waals surface area contributed by atoms with Crippen LogP contribution < -0.4 is 5.73 Å². The van der Waals surface area contributed by atoms with Crippen LogP contribution in [0.15, 0.2) is 30.3 Å². The fourth-order valence-corrected chi connectivity index (χ4v) is 2.67. The molecule has 2 rings (SSSR count). The van der Waals surface area contributed by atoms with E-state index in [9.17, 15) is 0 Å². The summed E-state index contributed by atoms with van der Waals surface area (Å²) in [5.74, 6) is 0. The predicted molar refractivity (Wildman–Crippen MR) is 76.9 cm³/mol. The first-order valence-electron chi connectivity index (χ1n) is 7.24. The second-order valence-corrected chi connectivity index (χ2v) is 5.46. The molecule has 0 aromatic heterocycles. The maximum atomic E-state index is 5.95. The summed E-state index contributed by atoms with van der Waals surface area (Å²) in [4.78, 5) is 0. The zero-order chi connectivity index (χ0) is 13.4. The summed E-state index contributed by atoms with van der Waals surface area (Å²) in [5, 5.41) is 0. The largest absolute Gasteiger partial charge is 0.381 e. The highest BCUT2D eigenvalue weighted by Crippen LogP contribution is 2.34. The lowest BCUT2D eigenvalue weighted by Crippen LogP contribution is -2.36. The van der Waals surface area contributed by atoms with Gasteiger partial charge in [0.05, 0.1) is 6.61 Å². The van der Waals surface area contributed by atoms with Crippen LogP contribution in [0.5, 0.6) is 0 Å². The number of hydrogen-bond donors (Lipinski definition) is 1. The van der Waals surface area contributed by atoms with Crippen LogP contribution in [0.3, 0.4) is 0 Å². The van der Waals surface area contributed by atoms with Crippen LogP contribution in [0.4, 0.5) is 0 Å². The summed E-state index contributed by atoms with van der Waals surface area (Å²) in [7, 11) is 0. The van der Waals surface area contributed by atoms with Crippen LogP contribution in [-0.4, -0.2) is 26.4 Å². The molecule has 0 spiro atoms. The van der Waals surface area contributed by atoms with E-state index in [1.807, 2.05) is 18.2 Å². The van der Waals surface area contributed by atoms with Gasteiger partial charge >= 0.3 is 0 Å². The van der Waals surface area contributed by atoms with E-state index in [0.717, 1.165) is 52.0 Å². The van der Waals surface area contributed by atoms with Gasteiger partial charge in [-0.3, -0.25) is 0 Å². The number of benzene rings is 1. The summed E-state index contributed by atoms with van der Waals surface area (Å²) < 4.78 is 11.2. The highest BCUT2D eigenvalue weighted by atomic mass is 16.5. The molecule has 0 amide bonds. The Balaban J connectivity index is 1.63. The van der Waals surface area contributed by atoms with Crippen LogP contribution in [0.1, 0.15) is 31.2 Å². The summed E-state index contributed by atoms with van der Waals surface area (Å²) in [6.45, 7) is 4.02. The number of nitrogens with two attached hydrogens (primary N) is 1. The van der Waals surface area contributed by atoms with Gasteiger partial charge in [0.25, 0.3) is 0 Å². The fraction of sp³-hybridized carbons (Fsp3) is 0.625. The molecule has 0 atom stereocenters. The summed E-state index contributed by atoms with van der Waals surface area (Å²) in [5.41, 5.74) is 7.49. The van der Waals surface area contributed by atoms with E-state index in [1.54, 1.807) is 0 Å². The molecule has 0 bridgehead atoms. The summed E-state index contributed by atoms with van der Waals surface area (Å²) in [6.07, 6.45) is 4.44. The second kappa shape index (κ2) is 7.63. The van der Waals surface area contributed by atoms with Gasteiger partial charge in [-0.05, 0) is 43.2 Å². The van der Waals surface area contributed by atoms with Crippen LogP contribution in [0, 0.1) is 5.41 Å². The first-order chi connectivity index (χ1) is 9.35. The molecular formula is C16H25NO2. The Labute approximate surface area is 116 Å². The average Bonchev–Trinajstić information content (AvgIpc) is 2.49. The molecule has 19 heavy (non-hydrogen) atoms. The molecule has 1 aromatic rings. The van der Waals surface area contributed by atoms with E-state index in [4.69, 9.17) is 15.2 Å². The van der Waals surface area contributed by atoms with Gasteiger partial charge < -0.3 is 15.2 Å². The van der Waals surface area contributed by atoms with Crippen molar-refractivity contribution in [3.8, 4) is 0 Å². The lowest BCUT2D eigenvalue weighted by molar-refractivity contribution is 0.00825. The Morgan fingerprint density at radius 1 is 1.16 bits per heavy atom. The Kier molecular flexibility index (Phi) is 5.83. The maximum Gasteiger partial charge on any atom is 0.0716 e. The van der Waals surface area contributed by atoms with Crippen LogP contribution >= 0.6 is 0 Å². The van der Waals surface area contributed by atoms with Crippen molar-refractivity contribution in [1.82, 2.24) is 0 Å². The minimum absolute atomic E-state index is 0.300. The van der Waals surface area contributed by atoms with Gasteiger partial charge in [0.1, 0.15) is 0 Å². The third-order valence-electron chi connectivity index (χ3n) is 4.09. The smallest absolute Gasteiger partial charge is 0.0716 e. The van der Waals surface area contributed by atoms with Crippen molar-refractivity contribution in [2.45, 2.75) is 32.3 Å². The lowest BCUT2D eigenvalue weighted by Gasteiger charge is -2.36. The Bertz CT molecular complexity index is 347. The van der Waals surface area contributed by atoms with Crippen molar-refractivity contribution in [3.05, 3.63) is 35.9 Å². The topological polar surface area (TPSA) is 44.5 Å². The van der Waals surface area contributed by atoms with Gasteiger partial charge in [0.2, 0.25) is 0 Å². The molecule has 1 heterocycles. The second-order valence-electron chi connectivity index (χ2n) is 5.46. The van der Waals surface area contributed by atoms with Crippen molar-refractivity contribution >= 4 is 0 Å². The molecule has 1 aliphatic rings. The highest BCUT2D eigenvalue weighted by Gasteiger charge is 2.30. The third-order valence-corrected chi connectivity index (χ3v) is 4.09. The first-order valence-corrected chi connectivity index (χ1v) is 7.24. The number of ether oxygens (including phenoxy) is 2. The number of hydrogen-bond acceptors (Lipinski definition) is 3. The van der Waals surface area contributed by atoms with E-state index in [0.29, 0.717) is 12.0 Å². The minimum Gasteiger partial charge on any atom is -0.381 e. The van der Waals surface area contributed by atoms with E-state index in [2.05, 4.69) is 12.1 Å². The van der Waals surface area contributed by atoms with Gasteiger partial charge in [-0.1, -0.05) is 30.3 Å². The molecule has 0 aliphatic carbocycles. The molecule has 2 N–H and O–H groups in total. The van der Waals surface area contributed by atoms with Gasteiger partial charge in [-0.2, -0.15) is 0 Å². The van der Waals surface area contributed by atoms with Gasteiger partial charge in [0, 0.05) is 19.8 Å². The zero-order valence-electron chi connectivity index (χ0n) is 11.6. The summed E-state index contributed by atoms with van der Waals surface area (Å²) in [6, 6.07) is 10.3. The van der Waals surface area contributed by atoms with E-state index >= 15 is 0 Å². The fourth-order valence-electron chi connectivity index (χ4n) is 2.67. The maximum absolute atomic E-state index is 5.95.